The number of amides is 6. The van der Waals surface area contributed by atoms with Gasteiger partial charge in [0.1, 0.15) is 12.1 Å². The van der Waals surface area contributed by atoms with E-state index in [-0.39, 0.29) is 11.9 Å². The summed E-state index contributed by atoms with van der Waals surface area (Å²) in [5, 5.41) is 4.93. The molecule has 0 aromatic heterocycles. The molecular formula is C21H32N4O6. The molecule has 1 aliphatic heterocycles. The number of likely N-dealkylation sites (N-methyl/N-ethyl adjacent to an activating group) is 1. The highest BCUT2D eigenvalue weighted by Gasteiger charge is 2.56. The molecule has 2 atom stereocenters. The topological polar surface area (TPSA) is 125 Å². The van der Waals surface area contributed by atoms with Crippen molar-refractivity contribution in [1.29, 1.82) is 0 Å². The summed E-state index contributed by atoms with van der Waals surface area (Å²) in [6, 6.07) is -1.14. The second kappa shape index (κ2) is 9.65. The van der Waals surface area contributed by atoms with Crippen LogP contribution in [-0.4, -0.2) is 71.4 Å². The lowest BCUT2D eigenvalue weighted by atomic mass is 9.81. The molecular weight excluding hydrogens is 404 g/mol. The number of nitrogens with one attached hydrogen (secondary N) is 2. The van der Waals surface area contributed by atoms with Crippen molar-refractivity contribution in [1.82, 2.24) is 20.4 Å². The molecule has 0 aromatic rings. The predicted octanol–water partition coefficient (Wildman–Crippen LogP) is 1.53. The van der Waals surface area contributed by atoms with Crippen LogP contribution < -0.4 is 10.6 Å². The Morgan fingerprint density at radius 2 is 1.74 bits per heavy atom. The molecule has 6 amide bonds. The average Bonchev–Trinajstić information content (AvgIpc) is 2.91. The van der Waals surface area contributed by atoms with Gasteiger partial charge < -0.3 is 15.0 Å². The lowest BCUT2D eigenvalue weighted by Gasteiger charge is -2.35. The molecule has 2 unspecified atom stereocenters. The normalized spacial score (nSPS) is 25.5. The number of carbonyl (C=O) groups excluding carboxylic acids is 5. The minimum absolute atomic E-state index is 0.0142. The summed E-state index contributed by atoms with van der Waals surface area (Å²) in [6.45, 7) is 0.843. The maximum absolute atomic E-state index is 12.9. The van der Waals surface area contributed by atoms with Crippen LogP contribution in [0.25, 0.3) is 0 Å². The molecule has 172 valence electrons. The Balaban J connectivity index is 1.44. The van der Waals surface area contributed by atoms with Gasteiger partial charge in [0.05, 0.1) is 0 Å². The minimum atomic E-state index is -0.876. The fraction of sp³-hybridized carbons (Fsp3) is 0.762. The van der Waals surface area contributed by atoms with Crippen LogP contribution in [0.5, 0.6) is 0 Å². The molecule has 10 nitrogen and oxygen atoms in total. The van der Waals surface area contributed by atoms with Gasteiger partial charge in [-0.1, -0.05) is 39.0 Å². The molecule has 1 saturated heterocycles. The Bertz CT molecular complexity index is 748. The number of hydrogen-bond acceptors (Lipinski definition) is 6. The van der Waals surface area contributed by atoms with Crippen LogP contribution in [0.4, 0.5) is 9.59 Å². The Morgan fingerprint density at radius 1 is 1.06 bits per heavy atom. The van der Waals surface area contributed by atoms with Crippen LogP contribution in [0.3, 0.4) is 0 Å². The second-order valence-corrected chi connectivity index (χ2v) is 8.88. The van der Waals surface area contributed by atoms with Gasteiger partial charge in [0.2, 0.25) is 0 Å². The van der Waals surface area contributed by atoms with Crippen LogP contribution in [-0.2, 0) is 19.1 Å². The van der Waals surface area contributed by atoms with Crippen LogP contribution in [0.2, 0.25) is 0 Å². The third-order valence-corrected chi connectivity index (χ3v) is 6.82. The molecule has 2 N–H and O–H groups in total. The van der Waals surface area contributed by atoms with Gasteiger partial charge in [-0.15, -0.1) is 0 Å². The molecule has 3 fully saturated rings. The standard InChI is InChI=1S/C21H32N4O6/c1-14-8-4-5-9-15(14)22-19(29)23-16(26)13-31-17(27)12-25-18(28)21(24(2)20(25)30)10-6-3-7-11-21/h14-15H,3-13H2,1-2H3,(H2,22,23,26,29). The SMILES string of the molecule is CC1CCCCC1NC(=O)NC(=O)COC(=O)CN1C(=O)N(C)C2(CCCCC2)C1=O. The zero-order valence-electron chi connectivity index (χ0n) is 18.3. The zero-order valence-corrected chi connectivity index (χ0v) is 18.3. The van der Waals surface area contributed by atoms with Gasteiger partial charge in [-0.3, -0.25) is 24.6 Å². The number of carbonyl (C=O) groups is 5. The molecule has 3 rings (SSSR count). The summed E-state index contributed by atoms with van der Waals surface area (Å²) in [7, 11) is 1.58. The zero-order chi connectivity index (χ0) is 22.6. The molecule has 1 heterocycles. The highest BCUT2D eigenvalue weighted by atomic mass is 16.5. The van der Waals surface area contributed by atoms with Crippen molar-refractivity contribution in [2.24, 2.45) is 5.92 Å². The number of hydrogen-bond donors (Lipinski definition) is 2. The summed E-state index contributed by atoms with van der Waals surface area (Å²) in [5.74, 6) is -1.69. The van der Waals surface area contributed by atoms with Crippen LogP contribution in [0.1, 0.15) is 64.7 Å². The van der Waals surface area contributed by atoms with Crippen LogP contribution >= 0.6 is 0 Å². The number of ether oxygens (including phenoxy) is 1. The van der Waals surface area contributed by atoms with Gasteiger partial charge in [0, 0.05) is 13.1 Å². The van der Waals surface area contributed by atoms with E-state index in [4.69, 9.17) is 4.74 Å². The van der Waals surface area contributed by atoms with Gasteiger partial charge in [-0.05, 0) is 31.6 Å². The number of esters is 1. The average molecular weight is 437 g/mol. The van der Waals surface area contributed by atoms with Gasteiger partial charge in [-0.2, -0.15) is 0 Å². The summed E-state index contributed by atoms with van der Waals surface area (Å²) >= 11 is 0. The van der Waals surface area contributed by atoms with Crippen molar-refractivity contribution in [2.75, 3.05) is 20.2 Å². The van der Waals surface area contributed by atoms with Crippen molar-refractivity contribution < 1.29 is 28.7 Å². The van der Waals surface area contributed by atoms with Crippen molar-refractivity contribution in [3.63, 3.8) is 0 Å². The van der Waals surface area contributed by atoms with Gasteiger partial charge in [0.25, 0.3) is 11.8 Å². The maximum atomic E-state index is 12.9. The van der Waals surface area contributed by atoms with Gasteiger partial charge >= 0.3 is 18.0 Å². The number of rotatable bonds is 5. The quantitative estimate of drug-likeness (QED) is 0.497. The van der Waals surface area contributed by atoms with E-state index in [1.165, 1.54) is 4.90 Å². The van der Waals surface area contributed by atoms with Crippen molar-refractivity contribution in [3.8, 4) is 0 Å². The van der Waals surface area contributed by atoms with Crippen LogP contribution in [0, 0.1) is 5.92 Å². The smallest absolute Gasteiger partial charge is 0.327 e. The molecule has 3 aliphatic rings. The van der Waals surface area contributed by atoms with Gasteiger partial charge in [-0.25, -0.2) is 9.59 Å². The number of imide groups is 2. The number of nitrogens with zero attached hydrogens (tertiary/aromatic N) is 2. The summed E-state index contributed by atoms with van der Waals surface area (Å²) in [6.07, 6.45) is 7.94. The van der Waals surface area contributed by atoms with Crippen LogP contribution in [0.15, 0.2) is 0 Å². The highest BCUT2D eigenvalue weighted by Crippen LogP contribution is 2.39. The molecule has 0 aromatic carbocycles. The third kappa shape index (κ3) is 4.99. The first-order chi connectivity index (χ1) is 14.7. The Hall–Kier alpha value is -2.65. The summed E-state index contributed by atoms with van der Waals surface area (Å²) in [5.41, 5.74) is -0.874. The highest BCUT2D eigenvalue weighted by molar-refractivity contribution is 6.08. The van der Waals surface area contributed by atoms with E-state index >= 15 is 0 Å². The van der Waals surface area contributed by atoms with E-state index in [9.17, 15) is 24.0 Å². The maximum Gasteiger partial charge on any atom is 0.327 e. The molecule has 31 heavy (non-hydrogen) atoms. The molecule has 1 spiro atoms. The second-order valence-electron chi connectivity index (χ2n) is 8.88. The third-order valence-electron chi connectivity index (χ3n) is 6.82. The lowest BCUT2D eigenvalue weighted by Crippen LogP contribution is -2.49. The summed E-state index contributed by atoms with van der Waals surface area (Å²) in [4.78, 5) is 63.8. The predicted molar refractivity (Wildman–Crippen MR) is 110 cm³/mol. The first-order valence-electron chi connectivity index (χ1n) is 11.1. The lowest BCUT2D eigenvalue weighted by molar-refractivity contribution is -0.151. The van der Waals surface area contributed by atoms with Crippen molar-refractivity contribution >= 4 is 29.8 Å². The van der Waals surface area contributed by atoms with E-state index < -0.39 is 42.6 Å². The van der Waals surface area contributed by atoms with E-state index in [2.05, 4.69) is 17.6 Å². The Labute approximate surface area is 182 Å². The largest absolute Gasteiger partial charge is 0.454 e. The van der Waals surface area contributed by atoms with Gasteiger partial charge in [0.15, 0.2) is 6.61 Å². The monoisotopic (exact) mass is 436 g/mol. The fourth-order valence-corrected chi connectivity index (χ4v) is 4.89. The van der Waals surface area contributed by atoms with Crippen molar-refractivity contribution in [3.05, 3.63) is 0 Å². The molecule has 0 radical (unpaired) electrons. The fourth-order valence-electron chi connectivity index (χ4n) is 4.89. The number of urea groups is 2. The van der Waals surface area contributed by atoms with E-state index in [1.807, 2.05) is 0 Å². The minimum Gasteiger partial charge on any atom is -0.454 e. The molecule has 2 saturated carbocycles. The molecule has 2 aliphatic carbocycles. The first kappa shape index (κ1) is 23.0. The van der Waals surface area contributed by atoms with E-state index in [0.29, 0.717) is 18.8 Å². The first-order valence-corrected chi connectivity index (χ1v) is 11.1. The Kier molecular flexibility index (Phi) is 7.17. The van der Waals surface area contributed by atoms with Crippen molar-refractivity contribution in [2.45, 2.75) is 76.3 Å². The Morgan fingerprint density at radius 3 is 2.42 bits per heavy atom. The van der Waals surface area contributed by atoms with E-state index in [1.54, 1.807) is 7.05 Å². The molecule has 10 heteroatoms. The summed E-state index contributed by atoms with van der Waals surface area (Å²) < 4.78 is 4.89. The van der Waals surface area contributed by atoms with E-state index in [0.717, 1.165) is 49.8 Å². The molecule has 0 bridgehead atoms.